The molecule has 0 atom stereocenters. The van der Waals surface area contributed by atoms with Gasteiger partial charge in [-0.05, 0) is 29.6 Å². The maximum absolute atomic E-state index is 12.3. The van der Waals surface area contributed by atoms with Gasteiger partial charge >= 0.3 is 0 Å². The van der Waals surface area contributed by atoms with Crippen LogP contribution in [-0.2, 0) is 14.4 Å². The second-order valence-electron chi connectivity index (χ2n) is 5.12. The number of nitrogens with zero attached hydrogens (tertiary/aromatic N) is 2. The summed E-state index contributed by atoms with van der Waals surface area (Å²) >= 11 is 0.953. The lowest BCUT2D eigenvalue weighted by molar-refractivity contribution is -0.384. The van der Waals surface area contributed by atoms with Crippen molar-refractivity contribution in [1.82, 2.24) is 10.2 Å². The molecule has 2 saturated heterocycles. The van der Waals surface area contributed by atoms with Gasteiger partial charge < -0.3 is 5.32 Å². The normalized spacial score (nSPS) is 19.5. The number of imide groups is 2. The molecule has 5 amide bonds. The first kappa shape index (κ1) is 18.6. The molecule has 0 aliphatic carbocycles. The number of nitro groups is 1. The fourth-order valence-corrected chi connectivity index (χ4v) is 3.89. The van der Waals surface area contributed by atoms with E-state index in [0.717, 1.165) is 6.07 Å². The van der Waals surface area contributed by atoms with Gasteiger partial charge in [0.15, 0.2) is 0 Å². The summed E-state index contributed by atoms with van der Waals surface area (Å²) in [5, 5.41) is 13.6. The Labute approximate surface area is 158 Å². The highest BCUT2D eigenvalue weighted by Crippen LogP contribution is 2.39. The molecule has 0 spiro atoms. The van der Waals surface area contributed by atoms with E-state index in [1.165, 1.54) is 18.2 Å². The molecule has 11 nitrogen and oxygen atoms in total. The van der Waals surface area contributed by atoms with Crippen molar-refractivity contribution in [3.8, 4) is 0 Å². The molecule has 0 unspecified atom stereocenters. The van der Waals surface area contributed by atoms with Gasteiger partial charge in [0.25, 0.3) is 28.0 Å². The third-order valence-corrected chi connectivity index (χ3v) is 5.30. The molecule has 138 valence electrons. The first-order valence-electron chi connectivity index (χ1n) is 7.11. The van der Waals surface area contributed by atoms with Gasteiger partial charge in [-0.3, -0.25) is 44.3 Å². The van der Waals surface area contributed by atoms with Gasteiger partial charge in [-0.1, -0.05) is 6.07 Å². The van der Waals surface area contributed by atoms with Crippen LogP contribution in [0.1, 0.15) is 0 Å². The van der Waals surface area contributed by atoms with Crippen molar-refractivity contribution in [2.24, 2.45) is 0 Å². The van der Waals surface area contributed by atoms with Gasteiger partial charge in [-0.25, -0.2) is 0 Å². The lowest BCUT2D eigenvalue weighted by Gasteiger charge is -2.12. The van der Waals surface area contributed by atoms with Gasteiger partial charge in [0.2, 0.25) is 5.91 Å². The van der Waals surface area contributed by atoms with E-state index in [0.29, 0.717) is 28.4 Å². The maximum atomic E-state index is 12.3. The SMILES string of the molecule is O=C(CN1C(=O)S/C(=C2/SC(=O)NC2=O)C1=O)Nc1cccc([N+](=O)[O-])c1. The highest BCUT2D eigenvalue weighted by molar-refractivity contribution is 8.22. The molecule has 27 heavy (non-hydrogen) atoms. The van der Waals surface area contributed by atoms with Crippen LogP contribution in [0.3, 0.4) is 0 Å². The molecule has 2 N–H and O–H groups in total. The monoisotopic (exact) mass is 408 g/mol. The lowest BCUT2D eigenvalue weighted by Crippen LogP contribution is -2.36. The summed E-state index contributed by atoms with van der Waals surface area (Å²) < 4.78 is 0. The minimum Gasteiger partial charge on any atom is -0.324 e. The molecule has 1 aromatic rings. The van der Waals surface area contributed by atoms with Crippen molar-refractivity contribution in [3.63, 3.8) is 0 Å². The number of rotatable bonds is 4. The Morgan fingerprint density at radius 3 is 2.56 bits per heavy atom. The predicted molar refractivity (Wildman–Crippen MR) is 94.6 cm³/mol. The molecular formula is C14H8N4O7S2. The first-order chi connectivity index (χ1) is 12.8. The zero-order chi connectivity index (χ0) is 19.7. The van der Waals surface area contributed by atoms with Gasteiger partial charge in [0, 0.05) is 17.8 Å². The van der Waals surface area contributed by atoms with E-state index in [1.807, 2.05) is 5.32 Å². The summed E-state index contributed by atoms with van der Waals surface area (Å²) in [4.78, 5) is 69.6. The number of benzene rings is 1. The quantitative estimate of drug-likeness (QED) is 0.427. The Morgan fingerprint density at radius 1 is 1.19 bits per heavy atom. The van der Waals surface area contributed by atoms with Gasteiger partial charge in [0.05, 0.1) is 4.92 Å². The minimum absolute atomic E-state index is 0.121. The predicted octanol–water partition coefficient (Wildman–Crippen LogP) is 1.42. The van der Waals surface area contributed by atoms with E-state index in [4.69, 9.17) is 0 Å². The second kappa shape index (κ2) is 7.20. The largest absolute Gasteiger partial charge is 0.324 e. The number of thioether (sulfide) groups is 2. The van der Waals surface area contributed by atoms with Gasteiger partial charge in [0.1, 0.15) is 16.4 Å². The number of nitro benzene ring substituents is 1. The average Bonchev–Trinajstić information content (AvgIpc) is 3.07. The number of carbonyl (C=O) groups excluding carboxylic acids is 5. The van der Waals surface area contributed by atoms with Crippen molar-refractivity contribution in [2.75, 3.05) is 11.9 Å². The number of carbonyl (C=O) groups is 5. The second-order valence-corrected chi connectivity index (χ2v) is 7.06. The van der Waals surface area contributed by atoms with E-state index >= 15 is 0 Å². The van der Waals surface area contributed by atoms with E-state index in [-0.39, 0.29) is 21.2 Å². The summed E-state index contributed by atoms with van der Waals surface area (Å²) in [6.07, 6.45) is 0. The molecular weight excluding hydrogens is 400 g/mol. The van der Waals surface area contributed by atoms with Crippen molar-refractivity contribution in [3.05, 3.63) is 44.2 Å². The molecule has 2 aliphatic heterocycles. The molecule has 0 bridgehead atoms. The van der Waals surface area contributed by atoms with E-state index < -0.39 is 39.7 Å². The molecule has 2 heterocycles. The molecule has 0 radical (unpaired) electrons. The number of hydrogen-bond donors (Lipinski definition) is 2. The standard InChI is InChI=1S/C14H8N4O7S2/c19-8(15-6-2-1-3-7(4-6)18(24)25)5-17-12(21)10(27-14(17)23)9-11(20)16-13(22)26-9/h1-4H,5H2,(H,15,19)(H,16,20,22)/b10-9+. The van der Waals surface area contributed by atoms with E-state index in [2.05, 4.69) is 5.32 Å². The zero-order valence-electron chi connectivity index (χ0n) is 13.1. The van der Waals surface area contributed by atoms with Crippen LogP contribution in [0, 0.1) is 10.1 Å². The third kappa shape index (κ3) is 3.83. The zero-order valence-corrected chi connectivity index (χ0v) is 14.7. The minimum atomic E-state index is -0.869. The summed E-state index contributed by atoms with van der Waals surface area (Å²) in [5.41, 5.74) is -0.117. The fraction of sp³-hybridized carbons (Fsp3) is 0.0714. The topological polar surface area (TPSA) is 156 Å². The molecule has 2 fully saturated rings. The maximum Gasteiger partial charge on any atom is 0.294 e. The Hall–Kier alpha value is -3.19. The van der Waals surface area contributed by atoms with Gasteiger partial charge in [-0.2, -0.15) is 0 Å². The number of anilines is 1. The van der Waals surface area contributed by atoms with Crippen LogP contribution in [0.5, 0.6) is 0 Å². The number of non-ortho nitro benzene ring substituents is 1. The van der Waals surface area contributed by atoms with Crippen LogP contribution < -0.4 is 10.6 Å². The Morgan fingerprint density at radius 2 is 1.93 bits per heavy atom. The molecule has 13 heteroatoms. The number of amides is 5. The lowest BCUT2D eigenvalue weighted by atomic mass is 10.3. The summed E-state index contributed by atoms with van der Waals surface area (Å²) in [6.45, 7) is -0.648. The summed E-state index contributed by atoms with van der Waals surface area (Å²) in [7, 11) is 0. The van der Waals surface area contributed by atoms with Crippen LogP contribution in [0.25, 0.3) is 0 Å². The van der Waals surface area contributed by atoms with Crippen LogP contribution in [-0.4, -0.2) is 44.6 Å². The van der Waals surface area contributed by atoms with Crippen molar-refractivity contribution < 1.29 is 28.9 Å². The van der Waals surface area contributed by atoms with Crippen molar-refractivity contribution >= 4 is 63.1 Å². The summed E-state index contributed by atoms with van der Waals surface area (Å²) in [6, 6.07) is 5.14. The fourth-order valence-electron chi connectivity index (χ4n) is 2.18. The third-order valence-electron chi connectivity index (χ3n) is 3.31. The van der Waals surface area contributed by atoms with Crippen LogP contribution in [0.15, 0.2) is 34.1 Å². The van der Waals surface area contributed by atoms with Crippen molar-refractivity contribution in [1.29, 1.82) is 0 Å². The molecule has 0 saturated carbocycles. The Balaban J connectivity index is 1.72. The van der Waals surface area contributed by atoms with Crippen LogP contribution in [0.4, 0.5) is 21.0 Å². The summed E-state index contributed by atoms with van der Waals surface area (Å²) in [5.74, 6) is -2.41. The molecule has 0 aromatic heterocycles. The number of nitrogens with one attached hydrogen (secondary N) is 2. The Bertz CT molecular complexity index is 959. The molecule has 3 rings (SSSR count). The highest BCUT2D eigenvalue weighted by atomic mass is 32.2. The molecule has 2 aliphatic rings. The molecule has 1 aromatic carbocycles. The Kier molecular flexibility index (Phi) is 4.96. The van der Waals surface area contributed by atoms with Crippen LogP contribution in [0.2, 0.25) is 0 Å². The van der Waals surface area contributed by atoms with E-state index in [9.17, 15) is 34.1 Å². The first-order valence-corrected chi connectivity index (χ1v) is 8.75. The van der Waals surface area contributed by atoms with E-state index in [1.54, 1.807) is 0 Å². The number of hydrogen-bond acceptors (Lipinski definition) is 9. The van der Waals surface area contributed by atoms with Gasteiger partial charge in [-0.15, -0.1) is 0 Å². The van der Waals surface area contributed by atoms with Crippen LogP contribution >= 0.6 is 23.5 Å². The smallest absolute Gasteiger partial charge is 0.294 e. The highest BCUT2D eigenvalue weighted by Gasteiger charge is 2.42. The average molecular weight is 408 g/mol. The van der Waals surface area contributed by atoms with Crippen molar-refractivity contribution in [2.45, 2.75) is 0 Å².